The van der Waals surface area contributed by atoms with Crippen LogP contribution in [-0.4, -0.2) is 46.5 Å². The molecule has 2 heterocycles. The third-order valence-corrected chi connectivity index (χ3v) is 11.5. The maximum Gasteiger partial charge on any atom is 0.326 e. The Hall–Kier alpha value is -6.87. The second-order valence-corrected chi connectivity index (χ2v) is 15.5. The topological polar surface area (TPSA) is 138 Å². The minimum Gasteiger partial charge on any atom is -0.489 e. The molecule has 0 saturated heterocycles. The number of ether oxygens (including phenoxy) is 3. The summed E-state index contributed by atoms with van der Waals surface area (Å²) in [6.07, 6.45) is -0.488. The van der Waals surface area contributed by atoms with Gasteiger partial charge in [-0.2, -0.15) is 5.26 Å². The minimum atomic E-state index is -1.33. The number of halogens is 3. The minimum absolute atomic E-state index is 0.0107. The lowest BCUT2D eigenvalue weighted by molar-refractivity contribution is -0.142. The van der Waals surface area contributed by atoms with Gasteiger partial charge in [0.05, 0.1) is 27.2 Å². The summed E-state index contributed by atoms with van der Waals surface area (Å²) in [6, 6.07) is 35.7. The van der Waals surface area contributed by atoms with E-state index in [1.807, 2.05) is 54.6 Å². The lowest BCUT2D eigenvalue weighted by atomic mass is 9.91. The normalized spacial score (nSPS) is 15.8. The van der Waals surface area contributed by atoms with Crippen molar-refractivity contribution >= 4 is 41.0 Å². The van der Waals surface area contributed by atoms with Gasteiger partial charge in [0.1, 0.15) is 36.9 Å². The smallest absolute Gasteiger partial charge is 0.326 e. The first-order valence-corrected chi connectivity index (χ1v) is 20.1. The van der Waals surface area contributed by atoms with E-state index < -0.39 is 41.8 Å². The number of amides is 2. The number of rotatable bonds is 11. The third kappa shape index (κ3) is 9.16. The number of nitriles is 1. The van der Waals surface area contributed by atoms with Gasteiger partial charge in [-0.05, 0) is 99.6 Å². The van der Waals surface area contributed by atoms with Crippen LogP contribution in [0.1, 0.15) is 49.8 Å². The van der Waals surface area contributed by atoms with Crippen molar-refractivity contribution in [3.63, 3.8) is 0 Å². The first-order valence-electron chi connectivity index (χ1n) is 19.3. The van der Waals surface area contributed by atoms with Crippen LogP contribution in [0.15, 0.2) is 127 Å². The van der Waals surface area contributed by atoms with Gasteiger partial charge >= 0.3 is 5.97 Å². The third-order valence-electron chi connectivity index (χ3n) is 10.7. The van der Waals surface area contributed by atoms with Crippen LogP contribution in [-0.2, 0) is 35.6 Å². The summed E-state index contributed by atoms with van der Waals surface area (Å²) < 4.78 is 33.6. The first-order chi connectivity index (χ1) is 29.5. The lowest BCUT2D eigenvalue weighted by Gasteiger charge is -2.37. The van der Waals surface area contributed by atoms with Gasteiger partial charge in [-0.3, -0.25) is 9.59 Å². The number of carbonyl (C=O) groups excluding carboxylic acids is 2. The number of carboxylic acid groups (broad SMARTS) is 1. The van der Waals surface area contributed by atoms with E-state index in [9.17, 15) is 19.5 Å². The largest absolute Gasteiger partial charge is 0.489 e. The Morgan fingerprint density at radius 2 is 1.54 bits per heavy atom. The van der Waals surface area contributed by atoms with E-state index in [1.54, 1.807) is 48.5 Å². The van der Waals surface area contributed by atoms with Gasteiger partial charge in [0.25, 0.3) is 5.91 Å². The van der Waals surface area contributed by atoms with Gasteiger partial charge < -0.3 is 29.5 Å². The predicted octanol–water partition coefficient (Wildman–Crippen LogP) is 9.14. The molecular weight excluding hydrogens is 820 g/mol. The Bertz CT molecular complexity index is 2670. The molecule has 0 bridgehead atoms. The zero-order valence-electron chi connectivity index (χ0n) is 32.3. The highest BCUT2D eigenvalue weighted by atomic mass is 35.5. The van der Waals surface area contributed by atoms with E-state index in [-0.39, 0.29) is 31.6 Å². The van der Waals surface area contributed by atoms with Crippen LogP contribution >= 0.6 is 23.2 Å². The summed E-state index contributed by atoms with van der Waals surface area (Å²) in [5, 5.41) is 22.9. The Labute approximate surface area is 360 Å². The Kier molecular flexibility index (Phi) is 11.9. The number of benzene rings is 6. The number of nitrogens with one attached hydrogen (secondary N) is 1. The molecule has 61 heavy (non-hydrogen) atoms. The molecule has 6 aromatic carbocycles. The van der Waals surface area contributed by atoms with Gasteiger partial charge in [0.15, 0.2) is 17.6 Å². The average Bonchev–Trinajstić information content (AvgIpc) is 3.28. The fraction of sp³-hybridized carbons (Fsp3) is 0.167. The van der Waals surface area contributed by atoms with Crippen molar-refractivity contribution in [3.05, 3.63) is 182 Å². The van der Waals surface area contributed by atoms with Crippen molar-refractivity contribution < 1.29 is 38.1 Å². The van der Waals surface area contributed by atoms with E-state index in [1.165, 1.54) is 29.2 Å². The van der Waals surface area contributed by atoms with Gasteiger partial charge in [-0.1, -0.05) is 89.9 Å². The molecule has 10 nitrogen and oxygen atoms in total. The summed E-state index contributed by atoms with van der Waals surface area (Å²) in [4.78, 5) is 42.0. The van der Waals surface area contributed by atoms with E-state index in [4.69, 9.17) is 42.7 Å². The van der Waals surface area contributed by atoms with E-state index in [0.29, 0.717) is 56.2 Å². The molecule has 0 aliphatic carbocycles. The van der Waals surface area contributed by atoms with Gasteiger partial charge in [-0.25, -0.2) is 9.18 Å². The Balaban J connectivity index is 0.987. The van der Waals surface area contributed by atoms with Crippen LogP contribution in [0, 0.1) is 17.1 Å². The number of carboxylic acids is 1. The molecule has 1 unspecified atom stereocenters. The highest BCUT2D eigenvalue weighted by Crippen LogP contribution is 2.41. The molecule has 6 aromatic rings. The van der Waals surface area contributed by atoms with Gasteiger partial charge in [0, 0.05) is 19.4 Å². The fourth-order valence-electron chi connectivity index (χ4n) is 7.40. The molecule has 2 amide bonds. The lowest BCUT2D eigenvalue weighted by Crippen LogP contribution is -2.56. The molecule has 0 fully saturated rings. The van der Waals surface area contributed by atoms with Crippen molar-refractivity contribution in [3.8, 4) is 34.4 Å². The molecule has 306 valence electrons. The van der Waals surface area contributed by atoms with Crippen molar-refractivity contribution in [2.24, 2.45) is 0 Å². The van der Waals surface area contributed by atoms with Crippen LogP contribution in [0.5, 0.6) is 17.2 Å². The number of nitrogens with zero attached hydrogens (tertiary/aromatic N) is 2. The molecule has 2 aliphatic rings. The van der Waals surface area contributed by atoms with Crippen molar-refractivity contribution in [2.75, 3.05) is 6.61 Å². The molecule has 2 N–H and O–H groups in total. The van der Waals surface area contributed by atoms with Crippen molar-refractivity contribution in [1.82, 2.24) is 10.2 Å². The van der Waals surface area contributed by atoms with Crippen LogP contribution in [0.25, 0.3) is 11.1 Å². The number of carbonyl (C=O) groups is 3. The summed E-state index contributed by atoms with van der Waals surface area (Å²) in [7, 11) is 0. The highest BCUT2D eigenvalue weighted by molar-refractivity contribution is 6.42. The zero-order chi connectivity index (χ0) is 42.6. The van der Waals surface area contributed by atoms with Gasteiger partial charge in [-0.15, -0.1) is 0 Å². The molecule has 3 atom stereocenters. The second kappa shape index (κ2) is 17.8. The maximum absolute atomic E-state index is 15.1. The Morgan fingerprint density at radius 1 is 0.852 bits per heavy atom. The van der Waals surface area contributed by atoms with Crippen LogP contribution in [0.3, 0.4) is 0 Å². The molecule has 13 heteroatoms. The summed E-state index contributed by atoms with van der Waals surface area (Å²) >= 11 is 12.2. The second-order valence-electron chi connectivity index (χ2n) is 14.7. The quantitative estimate of drug-likeness (QED) is 0.132. The van der Waals surface area contributed by atoms with Crippen LogP contribution in [0.2, 0.25) is 10.0 Å². The molecular formula is C48H36Cl2FN3O7. The van der Waals surface area contributed by atoms with E-state index >= 15 is 4.39 Å². The summed E-state index contributed by atoms with van der Waals surface area (Å²) in [5.74, 6) is -1.89. The van der Waals surface area contributed by atoms with Crippen LogP contribution < -0.4 is 19.5 Å². The van der Waals surface area contributed by atoms with Gasteiger partial charge in [0.2, 0.25) is 5.91 Å². The van der Waals surface area contributed by atoms with Crippen molar-refractivity contribution in [2.45, 2.75) is 44.2 Å². The molecule has 0 spiro atoms. The van der Waals surface area contributed by atoms with Crippen LogP contribution in [0.4, 0.5) is 4.39 Å². The Morgan fingerprint density at radius 3 is 2.23 bits per heavy atom. The molecule has 2 aliphatic heterocycles. The highest BCUT2D eigenvalue weighted by Gasteiger charge is 2.39. The summed E-state index contributed by atoms with van der Waals surface area (Å²) in [6.45, 7) is 0.418. The number of hydrogen-bond acceptors (Lipinski definition) is 7. The summed E-state index contributed by atoms with van der Waals surface area (Å²) in [5.41, 5.74) is 5.81. The monoisotopic (exact) mass is 855 g/mol. The first kappa shape index (κ1) is 40.9. The van der Waals surface area contributed by atoms with E-state index in [2.05, 4.69) is 11.4 Å². The number of fused-ring (bicyclic) bond motifs is 2. The molecule has 0 radical (unpaired) electrons. The molecule has 0 aromatic heterocycles. The maximum atomic E-state index is 15.1. The predicted molar refractivity (Wildman–Crippen MR) is 226 cm³/mol. The average molecular weight is 857 g/mol. The fourth-order valence-corrected chi connectivity index (χ4v) is 7.72. The SMILES string of the molecule is N#Cc1ccc(-c2ccc(CC(NC(=O)[C@@H]3Cc4cc5c(cc4CN3C(=O)c3ccccc3F)O[C@@H](c3ccc(OCc4ccc(Cl)c(Cl)c4)cc3)CO5)C(=O)O)cc2)cc1. The molecule has 0 saturated carbocycles. The van der Waals surface area contributed by atoms with E-state index in [0.717, 1.165) is 22.3 Å². The zero-order valence-corrected chi connectivity index (χ0v) is 33.8. The number of aliphatic carboxylic acids is 1. The standard InChI is InChI=1S/C48H36Cl2FN3O7/c49-38-18-9-30(19-39(38)50)26-59-36-16-14-33(15-17-36)45-27-60-43-22-34-21-42(54(25-35(34)23-44(43)61-45)47(56)37-3-1-2-4-40(37)51)46(55)53-41(48(57)58)20-28-5-10-31(11-6-28)32-12-7-29(24-52)8-13-32/h1-19,22-23,41-42,45H,20-21,25-27H2,(H,53,55)(H,57,58)/t41?,42-,45+/m0/s1. The van der Waals surface area contributed by atoms with Crippen molar-refractivity contribution in [1.29, 1.82) is 5.26 Å². The molecule has 8 rings (SSSR count). The number of hydrogen-bond donors (Lipinski definition) is 2.